The molecule has 0 bridgehead atoms. The number of unbranched alkanes of at least 4 members (excludes halogenated alkanes) is 30. The average Bonchev–Trinajstić information content (AvgIpc) is 3.38. The molecule has 1 aliphatic rings. The maximum atomic E-state index is 13.4. The zero-order valence-corrected chi connectivity index (χ0v) is 46.3. The summed E-state index contributed by atoms with van der Waals surface area (Å²) in [5, 5.41) is 56.8. The number of aliphatic hydroxyl groups excluding tert-OH is 5. The van der Waals surface area contributed by atoms with Gasteiger partial charge in [0.2, 0.25) is 5.91 Å². The number of ether oxygens (including phenoxy) is 3. The van der Waals surface area contributed by atoms with Gasteiger partial charge in [-0.2, -0.15) is 0 Å². The lowest BCUT2D eigenvalue weighted by Crippen LogP contribution is -2.61. The fraction of sp³-hybridized carbons (Fsp3) is 0.836. The van der Waals surface area contributed by atoms with Crippen molar-refractivity contribution in [1.29, 1.82) is 0 Å². The molecule has 6 N–H and O–H groups in total. The second-order valence-corrected chi connectivity index (χ2v) is 20.7. The highest BCUT2D eigenvalue weighted by Gasteiger charge is 2.47. The van der Waals surface area contributed by atoms with Crippen molar-refractivity contribution in [1.82, 2.24) is 5.32 Å². The van der Waals surface area contributed by atoms with Crippen LogP contribution in [0.5, 0.6) is 0 Å². The summed E-state index contributed by atoms with van der Waals surface area (Å²) in [5.41, 5.74) is 0. The minimum atomic E-state index is -1.62. The zero-order valence-electron chi connectivity index (χ0n) is 46.3. The molecule has 1 saturated heterocycles. The molecule has 420 valence electrons. The molecule has 1 heterocycles. The Kier molecular flexibility index (Phi) is 46.5. The minimum Gasteiger partial charge on any atom is -0.454 e. The molecule has 0 spiro atoms. The Labute approximate surface area is 440 Å². The molecule has 0 saturated carbocycles. The maximum absolute atomic E-state index is 13.4. The summed E-state index contributed by atoms with van der Waals surface area (Å²) in [6.45, 7) is 5.74. The topological polar surface area (TPSA) is 175 Å². The van der Waals surface area contributed by atoms with Crippen LogP contribution in [0, 0.1) is 0 Å². The summed E-state index contributed by atoms with van der Waals surface area (Å²) in [4.78, 5) is 26.5. The van der Waals surface area contributed by atoms with Gasteiger partial charge in [0.15, 0.2) is 12.4 Å². The number of carbonyl (C=O) groups excluding carboxylic acids is 2. The molecule has 11 nitrogen and oxygen atoms in total. The van der Waals surface area contributed by atoms with Crippen LogP contribution in [0.2, 0.25) is 0 Å². The number of aliphatic hydroxyl groups is 5. The fourth-order valence-corrected chi connectivity index (χ4v) is 9.15. The van der Waals surface area contributed by atoms with Crippen molar-refractivity contribution in [3.8, 4) is 0 Å². The van der Waals surface area contributed by atoms with E-state index in [4.69, 9.17) is 14.2 Å². The van der Waals surface area contributed by atoms with Crippen LogP contribution >= 0.6 is 0 Å². The Morgan fingerprint density at radius 1 is 0.542 bits per heavy atom. The van der Waals surface area contributed by atoms with Crippen LogP contribution in [-0.4, -0.2) is 99.6 Å². The molecular formula is C61H111NO10. The van der Waals surface area contributed by atoms with Gasteiger partial charge in [-0.25, -0.2) is 0 Å². The lowest BCUT2D eigenvalue weighted by molar-refractivity contribution is -0.305. The molecule has 1 rings (SSSR count). The highest BCUT2D eigenvalue weighted by atomic mass is 16.7. The van der Waals surface area contributed by atoms with Crippen molar-refractivity contribution in [2.45, 2.75) is 314 Å². The first-order valence-corrected chi connectivity index (χ1v) is 29.9. The summed E-state index contributed by atoms with van der Waals surface area (Å²) in [6.07, 6.45) is 48.7. The molecule has 8 unspecified atom stereocenters. The predicted octanol–water partition coefficient (Wildman–Crippen LogP) is 13.7. The van der Waals surface area contributed by atoms with Crippen LogP contribution in [0.1, 0.15) is 265 Å². The third kappa shape index (κ3) is 37.4. The largest absolute Gasteiger partial charge is 0.454 e. The van der Waals surface area contributed by atoms with Crippen LogP contribution in [0.4, 0.5) is 0 Å². The number of amides is 1. The van der Waals surface area contributed by atoms with E-state index in [9.17, 15) is 35.1 Å². The SMILES string of the molecule is CCCCC/C=C\C/C=C\CCCCCCCCCCCC(=O)OC1C(OCC(NC(=O)C(O)CCCC/C=C\CCCCCCCCC)C(O)/C=C/CCCCCCCCCCC)OC(CO)C(O)C1O. The first-order chi connectivity index (χ1) is 35.2. The lowest BCUT2D eigenvalue weighted by atomic mass is 9.99. The van der Waals surface area contributed by atoms with Crippen molar-refractivity contribution >= 4 is 11.9 Å². The van der Waals surface area contributed by atoms with Gasteiger partial charge in [0, 0.05) is 6.42 Å². The van der Waals surface area contributed by atoms with Crippen molar-refractivity contribution in [3.63, 3.8) is 0 Å². The molecule has 11 heteroatoms. The molecule has 72 heavy (non-hydrogen) atoms. The Hall–Kier alpha value is -2.38. The number of allylic oxidation sites excluding steroid dienone is 7. The van der Waals surface area contributed by atoms with Gasteiger partial charge in [0.1, 0.15) is 24.4 Å². The van der Waals surface area contributed by atoms with E-state index in [1.54, 1.807) is 6.08 Å². The number of nitrogens with one attached hydrogen (secondary N) is 1. The standard InChI is InChI=1S/C61H111NO10/c1-4-7-10-13-16-19-22-24-25-26-27-28-29-31-34-37-40-43-46-49-56(66)72-59-58(68)57(67)55(50-63)71-61(59)70-51-52(53(64)47-44-41-38-35-32-21-18-15-12-9-6-3)62-60(69)54(65)48-45-42-39-36-33-30-23-20-17-14-11-8-5-2/h16,19,24-25,33,36,44,47,52-55,57-59,61,63-65,67-68H,4-15,17-18,20-23,26-32,34-35,37-43,45-46,48-51H2,1-3H3,(H,62,69)/b19-16-,25-24-,36-33-,47-44+. The smallest absolute Gasteiger partial charge is 0.306 e. The predicted molar refractivity (Wildman–Crippen MR) is 297 cm³/mol. The molecule has 0 radical (unpaired) electrons. The maximum Gasteiger partial charge on any atom is 0.306 e. The molecule has 0 aromatic heterocycles. The van der Waals surface area contributed by atoms with Crippen LogP contribution in [-0.2, 0) is 23.8 Å². The van der Waals surface area contributed by atoms with Gasteiger partial charge in [0.05, 0.1) is 25.4 Å². The Balaban J connectivity index is 2.68. The van der Waals surface area contributed by atoms with Crippen LogP contribution in [0.15, 0.2) is 48.6 Å². The lowest BCUT2D eigenvalue weighted by Gasteiger charge is -2.41. The van der Waals surface area contributed by atoms with Crippen molar-refractivity contribution < 1.29 is 49.3 Å². The number of hydrogen-bond acceptors (Lipinski definition) is 10. The molecular weight excluding hydrogens is 907 g/mol. The highest BCUT2D eigenvalue weighted by Crippen LogP contribution is 2.26. The van der Waals surface area contributed by atoms with E-state index in [1.807, 2.05) is 6.08 Å². The number of carbonyl (C=O) groups is 2. The summed E-state index contributed by atoms with van der Waals surface area (Å²) in [7, 11) is 0. The number of rotatable bonds is 50. The Morgan fingerprint density at radius 2 is 0.958 bits per heavy atom. The monoisotopic (exact) mass is 1020 g/mol. The van der Waals surface area contributed by atoms with Crippen molar-refractivity contribution in [2.24, 2.45) is 0 Å². The molecule has 1 fully saturated rings. The molecule has 1 aliphatic heterocycles. The summed E-state index contributed by atoms with van der Waals surface area (Å²) in [5.74, 6) is -1.21. The quantitative estimate of drug-likeness (QED) is 0.0195. The second kappa shape index (κ2) is 49.5. The zero-order chi connectivity index (χ0) is 52.5. The number of hydrogen-bond donors (Lipinski definition) is 6. The van der Waals surface area contributed by atoms with Crippen molar-refractivity contribution in [2.75, 3.05) is 13.2 Å². The van der Waals surface area contributed by atoms with Crippen molar-refractivity contribution in [3.05, 3.63) is 48.6 Å². The minimum absolute atomic E-state index is 0.117. The third-order valence-electron chi connectivity index (χ3n) is 14.0. The van der Waals surface area contributed by atoms with E-state index in [1.165, 1.54) is 148 Å². The van der Waals surface area contributed by atoms with Gasteiger partial charge in [0.25, 0.3) is 0 Å². The van der Waals surface area contributed by atoms with Gasteiger partial charge in [-0.05, 0) is 83.5 Å². The Morgan fingerprint density at radius 3 is 1.46 bits per heavy atom. The van der Waals surface area contributed by atoms with Gasteiger partial charge in [-0.15, -0.1) is 0 Å². The molecule has 8 atom stereocenters. The summed E-state index contributed by atoms with van der Waals surface area (Å²) >= 11 is 0. The highest BCUT2D eigenvalue weighted by molar-refractivity contribution is 5.80. The van der Waals surface area contributed by atoms with E-state index >= 15 is 0 Å². The normalized spacial score (nSPS) is 19.8. The van der Waals surface area contributed by atoms with E-state index in [0.717, 1.165) is 70.6 Å². The fourth-order valence-electron chi connectivity index (χ4n) is 9.15. The van der Waals surface area contributed by atoms with Crippen LogP contribution in [0.25, 0.3) is 0 Å². The molecule has 0 aromatic rings. The van der Waals surface area contributed by atoms with Gasteiger partial charge in [-0.3, -0.25) is 9.59 Å². The Bertz CT molecular complexity index is 1350. The van der Waals surface area contributed by atoms with E-state index in [2.05, 4.69) is 62.5 Å². The van der Waals surface area contributed by atoms with Gasteiger partial charge >= 0.3 is 5.97 Å². The first kappa shape index (κ1) is 67.6. The summed E-state index contributed by atoms with van der Waals surface area (Å²) in [6, 6.07) is -1.03. The van der Waals surface area contributed by atoms with E-state index in [0.29, 0.717) is 12.8 Å². The number of esters is 1. The molecule has 1 amide bonds. The van der Waals surface area contributed by atoms with E-state index in [-0.39, 0.29) is 19.4 Å². The summed E-state index contributed by atoms with van der Waals surface area (Å²) < 4.78 is 17.6. The van der Waals surface area contributed by atoms with E-state index < -0.39 is 67.4 Å². The van der Waals surface area contributed by atoms with Gasteiger partial charge in [-0.1, -0.05) is 223 Å². The third-order valence-corrected chi connectivity index (χ3v) is 14.0. The van der Waals surface area contributed by atoms with Crippen LogP contribution in [0.3, 0.4) is 0 Å². The van der Waals surface area contributed by atoms with Gasteiger partial charge < -0.3 is 45.1 Å². The average molecular weight is 1020 g/mol. The first-order valence-electron chi connectivity index (χ1n) is 29.9. The van der Waals surface area contributed by atoms with Crippen LogP contribution < -0.4 is 5.32 Å². The molecule has 0 aliphatic carbocycles. The second-order valence-electron chi connectivity index (χ2n) is 20.7. The molecule has 0 aromatic carbocycles.